The molecule has 0 aliphatic rings. The van der Waals surface area contributed by atoms with E-state index in [0.29, 0.717) is 16.9 Å². The molecule has 3 nitrogen and oxygen atoms in total. The highest BCUT2D eigenvalue weighted by molar-refractivity contribution is 9.10. The molecule has 2 rings (SSSR count). The van der Waals surface area contributed by atoms with Gasteiger partial charge in [-0.2, -0.15) is 5.26 Å². The molecular formula is C15H9BrFNO2. The van der Waals surface area contributed by atoms with Crippen molar-refractivity contribution >= 4 is 21.7 Å². The molecule has 20 heavy (non-hydrogen) atoms. The van der Waals surface area contributed by atoms with E-state index in [0.717, 1.165) is 0 Å². The minimum atomic E-state index is -0.393. The van der Waals surface area contributed by atoms with E-state index in [1.165, 1.54) is 18.2 Å². The summed E-state index contributed by atoms with van der Waals surface area (Å²) in [6.07, 6.45) is 0. The number of hydrogen-bond acceptors (Lipinski definition) is 3. The lowest BCUT2D eigenvalue weighted by molar-refractivity contribution is 0.0921. The molecule has 0 spiro atoms. The van der Waals surface area contributed by atoms with E-state index in [-0.39, 0.29) is 16.9 Å². The normalized spacial score (nSPS) is 9.85. The number of ketones is 1. The first-order valence-electron chi connectivity index (χ1n) is 5.71. The maximum absolute atomic E-state index is 13.0. The summed E-state index contributed by atoms with van der Waals surface area (Å²) in [5.74, 6) is -0.203. The van der Waals surface area contributed by atoms with Crippen molar-refractivity contribution in [2.24, 2.45) is 0 Å². The van der Waals surface area contributed by atoms with Gasteiger partial charge < -0.3 is 4.74 Å². The standard InChI is InChI=1S/C15H9BrFNO2/c16-13-7-12(5-6-14(13)17)20-9-15(19)11-3-1-10(8-18)2-4-11/h1-7H,9H2. The largest absolute Gasteiger partial charge is 0.485 e. The van der Waals surface area contributed by atoms with Crippen LogP contribution in [-0.2, 0) is 0 Å². The number of nitriles is 1. The van der Waals surface area contributed by atoms with Gasteiger partial charge in [0.2, 0.25) is 0 Å². The Kier molecular flexibility index (Phi) is 4.49. The highest BCUT2D eigenvalue weighted by Gasteiger charge is 2.08. The first kappa shape index (κ1) is 14.2. The summed E-state index contributed by atoms with van der Waals surface area (Å²) >= 11 is 3.04. The Morgan fingerprint density at radius 1 is 1.25 bits per heavy atom. The Bertz CT molecular complexity index is 677. The predicted octanol–water partition coefficient (Wildman–Crippen LogP) is 3.72. The molecule has 2 aromatic rings. The summed E-state index contributed by atoms with van der Waals surface area (Å²) in [7, 11) is 0. The monoisotopic (exact) mass is 333 g/mol. The van der Waals surface area contributed by atoms with Crippen molar-refractivity contribution in [3.8, 4) is 11.8 Å². The second-order valence-corrected chi connectivity index (χ2v) is 4.83. The molecule has 100 valence electrons. The zero-order chi connectivity index (χ0) is 14.5. The van der Waals surface area contributed by atoms with E-state index in [1.807, 2.05) is 6.07 Å². The molecule has 0 aliphatic heterocycles. The fraction of sp³-hybridized carbons (Fsp3) is 0.0667. The summed E-state index contributed by atoms with van der Waals surface area (Å²) < 4.78 is 18.6. The van der Waals surface area contributed by atoms with Crippen molar-refractivity contribution in [2.45, 2.75) is 0 Å². The molecule has 0 aliphatic carbocycles. The van der Waals surface area contributed by atoms with Crippen LogP contribution in [0.3, 0.4) is 0 Å². The van der Waals surface area contributed by atoms with Gasteiger partial charge in [-0.3, -0.25) is 4.79 Å². The molecule has 0 unspecified atom stereocenters. The minimum Gasteiger partial charge on any atom is -0.485 e. The molecule has 0 aromatic heterocycles. The maximum Gasteiger partial charge on any atom is 0.200 e. The Labute approximate surface area is 123 Å². The quantitative estimate of drug-likeness (QED) is 0.801. The molecule has 0 bridgehead atoms. The Morgan fingerprint density at radius 3 is 2.55 bits per heavy atom. The van der Waals surface area contributed by atoms with Crippen LogP contribution in [0, 0.1) is 17.1 Å². The Balaban J connectivity index is 2.01. The summed E-state index contributed by atoms with van der Waals surface area (Å²) in [5.41, 5.74) is 0.954. The van der Waals surface area contributed by atoms with Crippen LogP contribution in [-0.4, -0.2) is 12.4 Å². The van der Waals surface area contributed by atoms with Crippen LogP contribution in [0.15, 0.2) is 46.9 Å². The highest BCUT2D eigenvalue weighted by Crippen LogP contribution is 2.21. The molecule has 0 atom stereocenters. The molecule has 0 fully saturated rings. The van der Waals surface area contributed by atoms with E-state index < -0.39 is 5.82 Å². The number of carbonyl (C=O) groups excluding carboxylic acids is 1. The molecule has 0 N–H and O–H groups in total. The number of ether oxygens (including phenoxy) is 1. The van der Waals surface area contributed by atoms with Crippen molar-refractivity contribution in [1.82, 2.24) is 0 Å². The van der Waals surface area contributed by atoms with Crippen molar-refractivity contribution in [3.63, 3.8) is 0 Å². The zero-order valence-corrected chi connectivity index (χ0v) is 11.9. The van der Waals surface area contributed by atoms with Crippen LogP contribution in [0.5, 0.6) is 5.75 Å². The number of hydrogen-bond donors (Lipinski definition) is 0. The topological polar surface area (TPSA) is 50.1 Å². The highest BCUT2D eigenvalue weighted by atomic mass is 79.9. The molecular weight excluding hydrogens is 325 g/mol. The van der Waals surface area contributed by atoms with Crippen LogP contribution >= 0.6 is 15.9 Å². The van der Waals surface area contributed by atoms with Crippen LogP contribution < -0.4 is 4.74 Å². The zero-order valence-electron chi connectivity index (χ0n) is 10.3. The van der Waals surface area contributed by atoms with Crippen molar-refractivity contribution in [3.05, 3.63) is 63.9 Å². The summed E-state index contributed by atoms with van der Waals surface area (Å²) in [6, 6.07) is 12.4. The molecule has 0 radical (unpaired) electrons. The van der Waals surface area contributed by atoms with Gasteiger partial charge in [0.25, 0.3) is 0 Å². The van der Waals surface area contributed by atoms with Gasteiger partial charge in [0.15, 0.2) is 12.4 Å². The molecule has 2 aromatic carbocycles. The third-order valence-electron chi connectivity index (χ3n) is 2.60. The van der Waals surface area contributed by atoms with Gasteiger partial charge >= 0.3 is 0 Å². The van der Waals surface area contributed by atoms with Crippen molar-refractivity contribution in [1.29, 1.82) is 5.26 Å². The van der Waals surface area contributed by atoms with E-state index in [2.05, 4.69) is 15.9 Å². The first-order valence-corrected chi connectivity index (χ1v) is 6.50. The number of halogens is 2. The number of Topliss-reactive ketones (excluding diaryl/α,β-unsaturated/α-hetero) is 1. The SMILES string of the molecule is N#Cc1ccc(C(=O)COc2ccc(F)c(Br)c2)cc1. The summed E-state index contributed by atoms with van der Waals surface area (Å²) in [6.45, 7) is -0.149. The van der Waals surface area contributed by atoms with E-state index in [1.54, 1.807) is 24.3 Å². The third-order valence-corrected chi connectivity index (χ3v) is 3.20. The Morgan fingerprint density at radius 2 is 1.95 bits per heavy atom. The average molecular weight is 334 g/mol. The van der Waals surface area contributed by atoms with Gasteiger partial charge in [-0.1, -0.05) is 0 Å². The maximum atomic E-state index is 13.0. The van der Waals surface area contributed by atoms with Gasteiger partial charge in [0, 0.05) is 5.56 Å². The average Bonchev–Trinajstić information content (AvgIpc) is 2.48. The Hall–Kier alpha value is -2.19. The summed E-state index contributed by atoms with van der Waals surface area (Å²) in [5, 5.41) is 8.67. The summed E-state index contributed by atoms with van der Waals surface area (Å²) in [4.78, 5) is 11.9. The van der Waals surface area contributed by atoms with E-state index in [9.17, 15) is 9.18 Å². The molecule has 0 saturated carbocycles. The van der Waals surface area contributed by atoms with Gasteiger partial charge in [-0.15, -0.1) is 0 Å². The fourth-order valence-electron chi connectivity index (χ4n) is 1.53. The van der Waals surface area contributed by atoms with Gasteiger partial charge in [-0.05, 0) is 58.4 Å². The van der Waals surface area contributed by atoms with Crippen LogP contribution in [0.1, 0.15) is 15.9 Å². The second-order valence-electron chi connectivity index (χ2n) is 3.98. The predicted molar refractivity (Wildman–Crippen MR) is 75.1 cm³/mol. The van der Waals surface area contributed by atoms with Crippen LogP contribution in [0.25, 0.3) is 0 Å². The lowest BCUT2D eigenvalue weighted by atomic mass is 10.1. The minimum absolute atomic E-state index is 0.149. The molecule has 0 heterocycles. The number of rotatable bonds is 4. The fourth-order valence-corrected chi connectivity index (χ4v) is 1.89. The lowest BCUT2D eigenvalue weighted by Crippen LogP contribution is -2.11. The van der Waals surface area contributed by atoms with Crippen LogP contribution in [0.4, 0.5) is 4.39 Å². The number of carbonyl (C=O) groups is 1. The third kappa shape index (κ3) is 3.43. The number of benzene rings is 2. The van der Waals surface area contributed by atoms with Crippen LogP contribution in [0.2, 0.25) is 0 Å². The number of nitrogens with zero attached hydrogens (tertiary/aromatic N) is 1. The van der Waals surface area contributed by atoms with Gasteiger partial charge in [-0.25, -0.2) is 4.39 Å². The van der Waals surface area contributed by atoms with E-state index >= 15 is 0 Å². The lowest BCUT2D eigenvalue weighted by Gasteiger charge is -2.06. The molecule has 5 heteroatoms. The molecule has 0 saturated heterocycles. The first-order chi connectivity index (χ1) is 9.60. The van der Waals surface area contributed by atoms with Crippen molar-refractivity contribution < 1.29 is 13.9 Å². The van der Waals surface area contributed by atoms with E-state index in [4.69, 9.17) is 10.00 Å². The molecule has 0 amide bonds. The van der Waals surface area contributed by atoms with Gasteiger partial charge in [0.1, 0.15) is 11.6 Å². The second kappa shape index (κ2) is 6.31. The van der Waals surface area contributed by atoms with Crippen molar-refractivity contribution in [2.75, 3.05) is 6.61 Å². The smallest absolute Gasteiger partial charge is 0.200 e. The van der Waals surface area contributed by atoms with Gasteiger partial charge in [0.05, 0.1) is 16.1 Å².